The van der Waals surface area contributed by atoms with Gasteiger partial charge < -0.3 is 29.8 Å². The van der Waals surface area contributed by atoms with Gasteiger partial charge in [-0.1, -0.05) is 6.07 Å². The van der Waals surface area contributed by atoms with E-state index in [9.17, 15) is 9.50 Å². The number of ether oxygens (including phenoxy) is 1. The highest BCUT2D eigenvalue weighted by Gasteiger charge is 2.19. The molecule has 0 aliphatic carbocycles. The summed E-state index contributed by atoms with van der Waals surface area (Å²) in [7, 11) is 0. The van der Waals surface area contributed by atoms with Crippen LogP contribution in [0.1, 0.15) is 37.5 Å². The largest absolute Gasteiger partial charge is 0.467 e. The number of aliphatic hydroxyl groups excluding tert-OH is 1. The maximum absolute atomic E-state index is 14.6. The monoisotopic (exact) mass is 432 g/mol. The van der Waals surface area contributed by atoms with Crippen molar-refractivity contribution in [3.63, 3.8) is 0 Å². The highest BCUT2D eigenvalue weighted by molar-refractivity contribution is 5.79. The Hall–Kier alpha value is -2.58. The van der Waals surface area contributed by atoms with Crippen molar-refractivity contribution >= 4 is 11.6 Å². The fourth-order valence-electron chi connectivity index (χ4n) is 3.47. The van der Waals surface area contributed by atoms with E-state index in [1.165, 1.54) is 0 Å². The lowest BCUT2D eigenvalue weighted by Crippen LogP contribution is -2.38. The van der Waals surface area contributed by atoms with Crippen LogP contribution in [0, 0.1) is 5.82 Å². The number of hydrogen-bond donors (Lipinski definition) is 3. The van der Waals surface area contributed by atoms with Crippen molar-refractivity contribution in [1.82, 2.24) is 10.6 Å². The Morgan fingerprint density at radius 2 is 2.13 bits per heavy atom. The molecule has 1 aromatic heterocycles. The van der Waals surface area contributed by atoms with Crippen molar-refractivity contribution in [1.29, 1.82) is 0 Å². The molecular formula is C23H33FN4O3. The molecule has 8 heteroatoms. The van der Waals surface area contributed by atoms with E-state index >= 15 is 0 Å². The van der Waals surface area contributed by atoms with Crippen molar-refractivity contribution in [2.24, 2.45) is 4.99 Å². The van der Waals surface area contributed by atoms with Crippen LogP contribution < -0.4 is 15.5 Å². The van der Waals surface area contributed by atoms with Gasteiger partial charge in [-0.3, -0.25) is 0 Å². The van der Waals surface area contributed by atoms with E-state index in [0.717, 1.165) is 30.8 Å². The lowest BCUT2D eigenvalue weighted by molar-refractivity contribution is 0.105. The Morgan fingerprint density at radius 3 is 2.84 bits per heavy atom. The molecule has 2 heterocycles. The number of nitrogens with zero attached hydrogens (tertiary/aromatic N) is 2. The zero-order valence-corrected chi connectivity index (χ0v) is 18.1. The van der Waals surface area contributed by atoms with Gasteiger partial charge in [-0.05, 0) is 56.0 Å². The predicted octanol–water partition coefficient (Wildman–Crippen LogP) is 3.04. The van der Waals surface area contributed by atoms with Crippen LogP contribution in [-0.2, 0) is 17.9 Å². The Kier molecular flexibility index (Phi) is 9.17. The number of benzene rings is 1. The van der Waals surface area contributed by atoms with Crippen molar-refractivity contribution < 1.29 is 18.7 Å². The van der Waals surface area contributed by atoms with Crippen molar-refractivity contribution in [2.75, 3.05) is 37.7 Å². The van der Waals surface area contributed by atoms with Gasteiger partial charge in [0.1, 0.15) is 18.2 Å². The third kappa shape index (κ3) is 7.56. The molecule has 2 aromatic rings. The smallest absolute Gasteiger partial charge is 0.191 e. The molecule has 0 atom stereocenters. The number of hydrogen-bond acceptors (Lipinski definition) is 5. The Labute approximate surface area is 183 Å². The number of anilines is 1. The molecule has 1 aromatic carbocycles. The van der Waals surface area contributed by atoms with Gasteiger partial charge >= 0.3 is 0 Å². The predicted molar refractivity (Wildman–Crippen MR) is 120 cm³/mol. The molecular weight excluding hydrogens is 399 g/mol. The summed E-state index contributed by atoms with van der Waals surface area (Å²) < 4.78 is 25.4. The summed E-state index contributed by atoms with van der Waals surface area (Å²) in [5, 5.41) is 16.1. The number of rotatable bonds is 10. The fourth-order valence-corrected chi connectivity index (χ4v) is 3.47. The summed E-state index contributed by atoms with van der Waals surface area (Å²) in [5.74, 6) is 1.28. The van der Waals surface area contributed by atoms with Crippen molar-refractivity contribution in [3.05, 3.63) is 53.7 Å². The molecule has 0 amide bonds. The van der Waals surface area contributed by atoms with Crippen LogP contribution >= 0.6 is 0 Å². The van der Waals surface area contributed by atoms with Gasteiger partial charge in [-0.2, -0.15) is 0 Å². The lowest BCUT2D eigenvalue weighted by Gasteiger charge is -2.31. The average Bonchev–Trinajstić information content (AvgIpc) is 3.29. The molecule has 31 heavy (non-hydrogen) atoms. The standard InChI is InChI=1S/C23H33FN4O3/c1-2-25-23(26-10-4-13-30-17-20-5-3-14-31-20)27-16-18-6-7-22(21(24)15-18)28-11-8-19(29)9-12-28/h3,5-7,14-15,19,29H,2,4,8-13,16-17H2,1H3,(H2,25,26,27). The van der Waals surface area contributed by atoms with Crippen molar-refractivity contribution in [2.45, 2.75) is 45.4 Å². The quantitative estimate of drug-likeness (QED) is 0.304. The van der Waals surface area contributed by atoms with Gasteiger partial charge in [0.05, 0.1) is 24.6 Å². The Balaban J connectivity index is 1.44. The second-order valence-corrected chi connectivity index (χ2v) is 7.61. The van der Waals surface area contributed by atoms with Crippen LogP contribution in [0.2, 0.25) is 0 Å². The van der Waals surface area contributed by atoms with Gasteiger partial charge in [0.15, 0.2) is 5.96 Å². The highest BCUT2D eigenvalue weighted by atomic mass is 19.1. The molecule has 1 fully saturated rings. The maximum Gasteiger partial charge on any atom is 0.191 e. The second kappa shape index (κ2) is 12.3. The van der Waals surface area contributed by atoms with Crippen LogP contribution in [0.15, 0.2) is 46.0 Å². The SMILES string of the molecule is CCNC(=NCc1ccc(N2CCC(O)CC2)c(F)c1)NCCCOCc1ccco1. The van der Waals surface area contributed by atoms with Gasteiger partial charge in [-0.15, -0.1) is 0 Å². The van der Waals surface area contributed by atoms with E-state index < -0.39 is 0 Å². The van der Waals surface area contributed by atoms with Gasteiger partial charge in [0.2, 0.25) is 0 Å². The zero-order chi connectivity index (χ0) is 21.9. The topological polar surface area (TPSA) is 82.3 Å². The van der Waals surface area contributed by atoms with Gasteiger partial charge in [0, 0.05) is 32.8 Å². The third-order valence-corrected chi connectivity index (χ3v) is 5.16. The first-order valence-electron chi connectivity index (χ1n) is 11.0. The number of halogens is 1. The molecule has 0 spiro atoms. The zero-order valence-electron chi connectivity index (χ0n) is 18.1. The molecule has 7 nitrogen and oxygen atoms in total. The summed E-state index contributed by atoms with van der Waals surface area (Å²) in [6.45, 7) is 6.31. The third-order valence-electron chi connectivity index (χ3n) is 5.16. The molecule has 1 aliphatic heterocycles. The number of piperidine rings is 1. The summed E-state index contributed by atoms with van der Waals surface area (Å²) >= 11 is 0. The number of guanidine groups is 1. The number of furan rings is 1. The molecule has 3 rings (SSSR count). The molecule has 0 bridgehead atoms. The molecule has 0 radical (unpaired) electrons. The highest BCUT2D eigenvalue weighted by Crippen LogP contribution is 2.24. The summed E-state index contributed by atoms with van der Waals surface area (Å²) in [4.78, 5) is 6.56. The van der Waals surface area contributed by atoms with Crippen LogP contribution in [0.3, 0.4) is 0 Å². The molecule has 1 saturated heterocycles. The summed E-state index contributed by atoms with van der Waals surface area (Å²) in [5.41, 5.74) is 1.41. The minimum absolute atomic E-state index is 0.240. The van der Waals surface area contributed by atoms with E-state index in [1.54, 1.807) is 12.3 Å². The maximum atomic E-state index is 14.6. The molecule has 0 unspecified atom stereocenters. The normalized spacial score (nSPS) is 15.3. The van der Waals surface area contributed by atoms with Crippen LogP contribution in [-0.4, -0.2) is 50.0 Å². The number of aliphatic imine (C=N–C) groups is 1. The minimum atomic E-state index is -0.271. The van der Waals surface area contributed by atoms with E-state index in [-0.39, 0.29) is 11.9 Å². The van der Waals surface area contributed by atoms with Gasteiger partial charge in [0.25, 0.3) is 0 Å². The van der Waals surface area contributed by atoms with E-state index in [1.807, 2.05) is 36.1 Å². The van der Waals surface area contributed by atoms with E-state index in [4.69, 9.17) is 9.15 Å². The van der Waals surface area contributed by atoms with Gasteiger partial charge in [-0.25, -0.2) is 9.38 Å². The lowest BCUT2D eigenvalue weighted by atomic mass is 10.1. The second-order valence-electron chi connectivity index (χ2n) is 7.61. The molecule has 1 aliphatic rings. The Bertz CT molecular complexity index is 805. The van der Waals surface area contributed by atoms with Crippen LogP contribution in [0.5, 0.6) is 0 Å². The number of nitrogens with one attached hydrogen (secondary N) is 2. The number of aliphatic hydroxyl groups is 1. The molecule has 3 N–H and O–H groups in total. The van der Waals surface area contributed by atoms with E-state index in [0.29, 0.717) is 57.3 Å². The van der Waals surface area contributed by atoms with Crippen LogP contribution in [0.4, 0.5) is 10.1 Å². The van der Waals surface area contributed by atoms with Crippen LogP contribution in [0.25, 0.3) is 0 Å². The fraction of sp³-hybridized carbons (Fsp3) is 0.522. The van der Waals surface area contributed by atoms with E-state index in [2.05, 4.69) is 15.6 Å². The average molecular weight is 433 g/mol. The first-order chi connectivity index (χ1) is 15.2. The minimum Gasteiger partial charge on any atom is -0.467 e. The van der Waals surface area contributed by atoms with Crippen molar-refractivity contribution in [3.8, 4) is 0 Å². The summed E-state index contributed by atoms with van der Waals surface area (Å²) in [6.07, 6.45) is 3.55. The first kappa shape index (κ1) is 23.1. The Morgan fingerprint density at radius 1 is 1.29 bits per heavy atom. The first-order valence-corrected chi connectivity index (χ1v) is 11.0. The molecule has 0 saturated carbocycles. The molecule has 170 valence electrons. The summed E-state index contributed by atoms with van der Waals surface area (Å²) in [6, 6.07) is 9.02.